The lowest BCUT2D eigenvalue weighted by Gasteiger charge is -1.97. The molecule has 0 spiro atoms. The highest BCUT2D eigenvalue weighted by Gasteiger charge is 2.41. The maximum Gasteiger partial charge on any atom is 0.470 e. The summed E-state index contributed by atoms with van der Waals surface area (Å²) in [6.07, 6.45) is -10.5. The van der Waals surface area contributed by atoms with Crippen molar-refractivity contribution in [1.29, 1.82) is 0 Å². The van der Waals surface area contributed by atoms with Gasteiger partial charge >= 0.3 is 41.7 Å². The van der Waals surface area contributed by atoms with Crippen LogP contribution in [0.4, 0.5) is 31.1 Å². The van der Waals surface area contributed by atoms with Crippen molar-refractivity contribution < 1.29 is 40.0 Å². The van der Waals surface area contributed by atoms with E-state index >= 15 is 0 Å². The summed E-state index contributed by atoms with van der Waals surface area (Å²) in [6.45, 7) is 0. The molecule has 0 aliphatic rings. The van der Waals surface area contributed by atoms with Gasteiger partial charge in [-0.2, -0.15) is 26.3 Å². The lowest BCUT2D eigenvalue weighted by molar-refractivity contribution is -0.158. The molecule has 0 saturated carbocycles. The minimum Gasteiger partial charge on any atom is -0.383 e. The minimum atomic E-state index is -5.24. The Bertz CT molecular complexity index is 767. The molecule has 2 aromatic heterocycles. The van der Waals surface area contributed by atoms with Crippen LogP contribution in [-0.2, 0) is 12.4 Å². The summed E-state index contributed by atoms with van der Waals surface area (Å²) in [5.41, 5.74) is 0. The van der Waals surface area contributed by atoms with Crippen LogP contribution in [-0.4, -0.2) is 25.6 Å². The number of carbonyl (C=O) groups is 1. The second-order valence-electron chi connectivity index (χ2n) is 3.45. The van der Waals surface area contributed by atoms with Crippen molar-refractivity contribution in [2.75, 3.05) is 0 Å². The zero-order valence-electron chi connectivity index (χ0n) is 9.60. The molecule has 0 radical (unpaired) electrons. The van der Waals surface area contributed by atoms with Crippen LogP contribution in [0.3, 0.4) is 0 Å². The predicted molar refractivity (Wildman–Crippen MR) is 47.7 cm³/mol. The second-order valence-corrected chi connectivity index (χ2v) is 3.45. The van der Waals surface area contributed by atoms with E-state index in [1.165, 1.54) is 0 Å². The Balaban J connectivity index is 2.50. The molecule has 0 unspecified atom stereocenters. The molecule has 0 aliphatic heterocycles. The van der Waals surface area contributed by atoms with Gasteiger partial charge in [-0.15, -0.1) is 19.6 Å². The molecule has 0 atom stereocenters. The predicted octanol–water partition coefficient (Wildman–Crippen LogP) is 0.540. The van der Waals surface area contributed by atoms with Gasteiger partial charge in [0.1, 0.15) is 0 Å². The van der Waals surface area contributed by atoms with Gasteiger partial charge in [0, 0.05) is 0 Å². The fraction of sp³-hybridized carbons (Fsp3) is 0.286. The summed E-state index contributed by atoms with van der Waals surface area (Å²) in [7, 11) is 0. The minimum absolute atomic E-state index is 0.632. The van der Waals surface area contributed by atoms with Gasteiger partial charge in [0.15, 0.2) is 0 Å². The van der Waals surface area contributed by atoms with Crippen LogP contribution in [0, 0.1) is 0 Å². The summed E-state index contributed by atoms with van der Waals surface area (Å²) in [5.74, 6) is -8.25. The molecule has 0 aromatic carbocycles. The number of hydrogen-bond donors (Lipinski definition) is 0. The molecular formula is C7F6N4O5. The quantitative estimate of drug-likeness (QED) is 0.646. The van der Waals surface area contributed by atoms with Crippen LogP contribution in [0.5, 0.6) is 0 Å². The zero-order valence-corrected chi connectivity index (χ0v) is 9.60. The third-order valence-corrected chi connectivity index (χ3v) is 1.94. The van der Waals surface area contributed by atoms with Crippen molar-refractivity contribution in [3.63, 3.8) is 0 Å². The smallest absolute Gasteiger partial charge is 0.383 e. The number of carbonyl (C=O) groups excluding carboxylic acids is 1. The van der Waals surface area contributed by atoms with E-state index in [0.29, 0.717) is 0 Å². The van der Waals surface area contributed by atoms with Gasteiger partial charge < -0.3 is 8.83 Å². The van der Waals surface area contributed by atoms with Crippen molar-refractivity contribution in [3.8, 4) is 0 Å². The van der Waals surface area contributed by atoms with Gasteiger partial charge in [-0.1, -0.05) is 0 Å². The van der Waals surface area contributed by atoms with E-state index in [1.54, 1.807) is 0 Å². The molecule has 2 heterocycles. The summed E-state index contributed by atoms with van der Waals surface area (Å²) in [6, 6.07) is -2.05. The normalized spacial score (nSPS) is 12.6. The SMILES string of the molecule is O=C(n1nc(C(F)(F)F)oc1=O)n1nc(C(F)(F)F)oc1=O. The van der Waals surface area contributed by atoms with Crippen molar-refractivity contribution in [2.45, 2.75) is 12.4 Å². The summed E-state index contributed by atoms with van der Waals surface area (Å²) in [5, 5.41) is 4.82. The number of alkyl halides is 6. The highest BCUT2D eigenvalue weighted by Crippen LogP contribution is 2.27. The Hall–Kier alpha value is -2.87. The number of aromatic nitrogens is 4. The fourth-order valence-corrected chi connectivity index (χ4v) is 1.12. The fourth-order valence-electron chi connectivity index (χ4n) is 1.12. The van der Waals surface area contributed by atoms with Gasteiger partial charge in [0.2, 0.25) is 0 Å². The van der Waals surface area contributed by atoms with E-state index in [1.807, 2.05) is 0 Å². The molecule has 120 valence electrons. The number of halogens is 6. The summed E-state index contributed by atoms with van der Waals surface area (Å²) < 4.78 is 79.2. The Labute approximate surface area is 112 Å². The van der Waals surface area contributed by atoms with Crippen molar-refractivity contribution in [2.24, 2.45) is 0 Å². The average molecular weight is 334 g/mol. The molecule has 22 heavy (non-hydrogen) atoms. The van der Waals surface area contributed by atoms with Crippen molar-refractivity contribution >= 4 is 6.03 Å². The molecule has 2 aromatic rings. The van der Waals surface area contributed by atoms with Gasteiger partial charge in [-0.25, -0.2) is 14.4 Å². The van der Waals surface area contributed by atoms with Gasteiger partial charge in [-0.3, -0.25) is 0 Å². The molecule has 0 fully saturated rings. The summed E-state index contributed by atoms with van der Waals surface area (Å²) >= 11 is 0. The number of rotatable bonds is 0. The van der Waals surface area contributed by atoms with E-state index < -0.39 is 51.0 Å². The highest BCUT2D eigenvalue weighted by molar-refractivity contribution is 5.76. The molecule has 9 nitrogen and oxygen atoms in total. The molecule has 0 bridgehead atoms. The van der Waals surface area contributed by atoms with E-state index in [9.17, 15) is 40.7 Å². The first kappa shape index (κ1) is 15.5. The molecule has 15 heteroatoms. The van der Waals surface area contributed by atoms with Crippen molar-refractivity contribution in [1.82, 2.24) is 19.6 Å². The Kier molecular flexibility index (Phi) is 3.22. The monoisotopic (exact) mass is 334 g/mol. The maximum atomic E-state index is 12.2. The molecular weight excluding hydrogens is 334 g/mol. The van der Waals surface area contributed by atoms with Crippen LogP contribution >= 0.6 is 0 Å². The summed E-state index contributed by atoms with van der Waals surface area (Å²) in [4.78, 5) is 33.6. The first-order valence-corrected chi connectivity index (χ1v) is 4.80. The number of nitrogens with zero attached hydrogens (tertiary/aromatic N) is 4. The third kappa shape index (κ3) is 2.63. The molecule has 0 amide bonds. The first-order chi connectivity index (χ1) is 9.91. The molecule has 0 aliphatic carbocycles. The average Bonchev–Trinajstić information content (AvgIpc) is 2.90. The van der Waals surface area contributed by atoms with Crippen molar-refractivity contribution in [3.05, 3.63) is 32.9 Å². The van der Waals surface area contributed by atoms with Gasteiger partial charge in [-0.05, 0) is 0 Å². The van der Waals surface area contributed by atoms with E-state index in [4.69, 9.17) is 0 Å². The van der Waals surface area contributed by atoms with Gasteiger partial charge in [0.25, 0.3) is 0 Å². The topological polar surface area (TPSA) is 113 Å². The van der Waals surface area contributed by atoms with Crippen LogP contribution in [0.15, 0.2) is 18.4 Å². The standard InChI is InChI=1S/C7F6N4O5/c8-6(9,10)1-14-16(4(19)21-1)3(18)17-5(20)22-2(15-17)7(11,12)13. The van der Waals surface area contributed by atoms with E-state index in [2.05, 4.69) is 19.0 Å². The molecule has 0 N–H and O–H groups in total. The van der Waals surface area contributed by atoms with Gasteiger partial charge in [0.05, 0.1) is 0 Å². The third-order valence-electron chi connectivity index (χ3n) is 1.94. The highest BCUT2D eigenvalue weighted by atomic mass is 19.4. The maximum absolute atomic E-state index is 12.2. The molecule has 0 saturated heterocycles. The molecule has 2 rings (SSSR count). The Morgan fingerprint density at radius 3 is 1.36 bits per heavy atom. The zero-order chi connectivity index (χ0) is 16.9. The largest absolute Gasteiger partial charge is 0.470 e. The van der Waals surface area contributed by atoms with Crippen LogP contribution in [0.1, 0.15) is 11.8 Å². The van der Waals surface area contributed by atoms with E-state index in [0.717, 1.165) is 0 Å². The van der Waals surface area contributed by atoms with Crippen LogP contribution < -0.4 is 11.5 Å². The van der Waals surface area contributed by atoms with Crippen LogP contribution in [0.2, 0.25) is 0 Å². The Morgan fingerprint density at radius 1 is 0.818 bits per heavy atom. The van der Waals surface area contributed by atoms with Crippen LogP contribution in [0.25, 0.3) is 0 Å². The second kappa shape index (κ2) is 4.57. The number of hydrogen-bond acceptors (Lipinski definition) is 7. The Morgan fingerprint density at radius 2 is 1.14 bits per heavy atom. The lowest BCUT2D eigenvalue weighted by atomic mass is 10.7. The van der Waals surface area contributed by atoms with E-state index in [-0.39, 0.29) is 0 Å². The first-order valence-electron chi connectivity index (χ1n) is 4.80. The lowest BCUT2D eigenvalue weighted by Crippen LogP contribution is -2.35.